The minimum Gasteiger partial charge on any atom is -0.371 e. The van der Waals surface area contributed by atoms with Gasteiger partial charge >= 0.3 is 0 Å². The Hall–Kier alpha value is -2.56. The van der Waals surface area contributed by atoms with Crippen molar-refractivity contribution in [3.8, 4) is 0 Å². The first-order chi connectivity index (χ1) is 14.9. The molecular weight excluding hydrogens is 423 g/mol. The molecule has 0 aliphatic carbocycles. The summed E-state index contributed by atoms with van der Waals surface area (Å²) in [6, 6.07) is 8.57. The van der Waals surface area contributed by atoms with Crippen molar-refractivity contribution >= 4 is 21.6 Å². The Balaban J connectivity index is 1.29. The van der Waals surface area contributed by atoms with E-state index in [1.165, 1.54) is 12.1 Å². The first kappa shape index (κ1) is 20.3. The number of carbonyl (C=O) groups excluding carboxylic acids is 1. The molecule has 4 heterocycles. The highest BCUT2D eigenvalue weighted by Crippen LogP contribution is 2.38. The van der Waals surface area contributed by atoms with Crippen LogP contribution in [0.2, 0.25) is 0 Å². The number of anilines is 1. The van der Waals surface area contributed by atoms with E-state index < -0.39 is 27.7 Å². The first-order valence-electron chi connectivity index (χ1n) is 10.2. The number of amides is 1. The largest absolute Gasteiger partial charge is 0.371 e. The standard InChI is InChI=1S/C21H23FN4O4S/c22-16-1-3-18(4-2-16)31(28,29)25-13-19(27)26-15-21(30-20(26)14-25)7-11-24(12-8-21)17-5-9-23-10-6-17/h1-6,9-10,20H,7-8,11-15H2. The minimum absolute atomic E-state index is 0.0338. The molecule has 3 aliphatic rings. The van der Waals surface area contributed by atoms with Gasteiger partial charge in [-0.05, 0) is 49.2 Å². The number of nitrogens with zero attached hydrogens (tertiary/aromatic N) is 4. The zero-order valence-electron chi connectivity index (χ0n) is 16.9. The molecular formula is C21H23FN4O4S. The fourth-order valence-electron chi connectivity index (χ4n) is 4.61. The number of pyridine rings is 1. The highest BCUT2D eigenvalue weighted by Gasteiger charge is 2.52. The van der Waals surface area contributed by atoms with E-state index in [0.29, 0.717) is 6.54 Å². The maximum Gasteiger partial charge on any atom is 0.243 e. The Kier molecular flexibility index (Phi) is 4.95. The van der Waals surface area contributed by atoms with Crippen LogP contribution in [0.25, 0.3) is 0 Å². The number of piperidine rings is 1. The van der Waals surface area contributed by atoms with Crippen molar-refractivity contribution in [3.63, 3.8) is 0 Å². The van der Waals surface area contributed by atoms with Gasteiger partial charge < -0.3 is 14.5 Å². The summed E-state index contributed by atoms with van der Waals surface area (Å²) in [4.78, 5) is 20.7. The number of piperazine rings is 1. The molecule has 1 atom stereocenters. The predicted octanol–water partition coefficient (Wildman–Crippen LogP) is 1.45. The maximum absolute atomic E-state index is 13.2. The summed E-state index contributed by atoms with van der Waals surface area (Å²) in [7, 11) is -3.91. The summed E-state index contributed by atoms with van der Waals surface area (Å²) in [6.07, 6.45) is 4.42. The van der Waals surface area contributed by atoms with Gasteiger partial charge in [-0.2, -0.15) is 4.31 Å². The van der Waals surface area contributed by atoms with Crippen LogP contribution in [-0.4, -0.2) is 73.1 Å². The van der Waals surface area contributed by atoms with E-state index in [1.54, 1.807) is 17.3 Å². The zero-order chi connectivity index (χ0) is 21.6. The molecule has 1 amide bonds. The monoisotopic (exact) mass is 446 g/mol. The number of hydrogen-bond donors (Lipinski definition) is 0. The fourth-order valence-corrected chi connectivity index (χ4v) is 5.99. The zero-order valence-corrected chi connectivity index (χ0v) is 17.7. The third-order valence-corrected chi connectivity index (χ3v) is 8.16. The number of fused-ring (bicyclic) bond motifs is 1. The first-order valence-corrected chi connectivity index (χ1v) is 11.7. The van der Waals surface area contributed by atoms with Crippen molar-refractivity contribution < 1.29 is 22.3 Å². The van der Waals surface area contributed by atoms with Crippen molar-refractivity contribution in [2.24, 2.45) is 0 Å². The molecule has 1 aromatic heterocycles. The lowest BCUT2D eigenvalue weighted by Gasteiger charge is -2.39. The molecule has 3 fully saturated rings. The number of aromatic nitrogens is 1. The van der Waals surface area contributed by atoms with E-state index in [1.807, 2.05) is 12.1 Å². The van der Waals surface area contributed by atoms with E-state index in [-0.39, 0.29) is 23.9 Å². The molecule has 164 valence electrons. The van der Waals surface area contributed by atoms with Crippen molar-refractivity contribution in [3.05, 3.63) is 54.6 Å². The van der Waals surface area contributed by atoms with Crippen LogP contribution in [-0.2, 0) is 19.6 Å². The Morgan fingerprint density at radius 2 is 1.74 bits per heavy atom. The van der Waals surface area contributed by atoms with Crippen molar-refractivity contribution in [2.45, 2.75) is 29.6 Å². The van der Waals surface area contributed by atoms with Crippen LogP contribution in [0.15, 0.2) is 53.7 Å². The molecule has 1 unspecified atom stereocenters. The highest BCUT2D eigenvalue weighted by atomic mass is 32.2. The van der Waals surface area contributed by atoms with E-state index in [4.69, 9.17) is 4.74 Å². The number of halogens is 1. The molecule has 1 spiro atoms. The number of hydrogen-bond acceptors (Lipinski definition) is 6. The van der Waals surface area contributed by atoms with E-state index in [0.717, 1.165) is 48.1 Å². The number of sulfonamides is 1. The van der Waals surface area contributed by atoms with Crippen LogP contribution in [0.3, 0.4) is 0 Å². The average Bonchev–Trinajstić information content (AvgIpc) is 3.13. The van der Waals surface area contributed by atoms with Crippen molar-refractivity contribution in [1.82, 2.24) is 14.2 Å². The summed E-state index contributed by atoms with van der Waals surface area (Å²) < 4.78 is 46.6. The van der Waals surface area contributed by atoms with E-state index >= 15 is 0 Å². The van der Waals surface area contributed by atoms with E-state index in [9.17, 15) is 17.6 Å². The second kappa shape index (κ2) is 7.54. The van der Waals surface area contributed by atoms with Gasteiger partial charge in [-0.3, -0.25) is 9.78 Å². The maximum atomic E-state index is 13.2. The van der Waals surface area contributed by atoms with Crippen molar-refractivity contribution in [1.29, 1.82) is 0 Å². The predicted molar refractivity (Wildman–Crippen MR) is 110 cm³/mol. The number of ether oxygens (including phenoxy) is 1. The van der Waals surface area contributed by atoms with Crippen molar-refractivity contribution in [2.75, 3.05) is 37.6 Å². The number of benzene rings is 1. The van der Waals surface area contributed by atoms with Crippen LogP contribution < -0.4 is 4.90 Å². The Morgan fingerprint density at radius 1 is 1.06 bits per heavy atom. The third-order valence-electron chi connectivity index (χ3n) is 6.34. The fraction of sp³-hybridized carbons (Fsp3) is 0.429. The van der Waals surface area contributed by atoms with Crippen LogP contribution in [0.5, 0.6) is 0 Å². The average molecular weight is 447 g/mol. The lowest BCUT2D eigenvalue weighted by atomic mass is 9.91. The summed E-state index contributed by atoms with van der Waals surface area (Å²) in [6.45, 7) is 1.89. The molecule has 5 rings (SSSR count). The lowest BCUT2D eigenvalue weighted by molar-refractivity contribution is -0.144. The second-order valence-corrected chi connectivity index (χ2v) is 10.2. The normalized spacial score (nSPS) is 23.9. The van der Waals surface area contributed by atoms with Crippen LogP contribution in [0.1, 0.15) is 12.8 Å². The van der Waals surface area contributed by atoms with Crippen LogP contribution >= 0.6 is 0 Å². The summed E-state index contributed by atoms with van der Waals surface area (Å²) >= 11 is 0. The van der Waals surface area contributed by atoms with Gasteiger partial charge in [-0.25, -0.2) is 12.8 Å². The molecule has 0 N–H and O–H groups in total. The SMILES string of the molecule is O=C1CN(S(=O)(=O)c2ccc(F)cc2)CC2OC3(CCN(c4ccncc4)CC3)CN12. The molecule has 31 heavy (non-hydrogen) atoms. The smallest absolute Gasteiger partial charge is 0.243 e. The van der Waals surface area contributed by atoms with E-state index in [2.05, 4.69) is 9.88 Å². The highest BCUT2D eigenvalue weighted by molar-refractivity contribution is 7.89. The topological polar surface area (TPSA) is 83.0 Å². The molecule has 3 saturated heterocycles. The van der Waals surface area contributed by atoms with Crippen LogP contribution in [0, 0.1) is 5.82 Å². The van der Waals surface area contributed by atoms with Gasteiger partial charge in [0.1, 0.15) is 12.0 Å². The summed E-state index contributed by atoms with van der Waals surface area (Å²) in [5.41, 5.74) is 0.646. The summed E-state index contributed by atoms with van der Waals surface area (Å²) in [5, 5.41) is 0. The Bertz CT molecular complexity index is 1070. The molecule has 0 saturated carbocycles. The molecule has 0 radical (unpaired) electrons. The molecule has 3 aliphatic heterocycles. The van der Waals surface area contributed by atoms with Crippen LogP contribution in [0.4, 0.5) is 10.1 Å². The Morgan fingerprint density at radius 3 is 2.42 bits per heavy atom. The molecule has 2 aromatic rings. The number of rotatable bonds is 3. The summed E-state index contributed by atoms with van der Waals surface area (Å²) in [5.74, 6) is -0.783. The second-order valence-electron chi connectivity index (χ2n) is 8.22. The number of carbonyl (C=O) groups is 1. The minimum atomic E-state index is -3.91. The molecule has 10 heteroatoms. The van der Waals surface area contributed by atoms with Gasteiger partial charge in [-0.15, -0.1) is 0 Å². The lowest BCUT2D eigenvalue weighted by Crippen LogP contribution is -2.55. The molecule has 1 aromatic carbocycles. The van der Waals surface area contributed by atoms with Gasteiger partial charge in [0.25, 0.3) is 0 Å². The molecule has 8 nitrogen and oxygen atoms in total. The van der Waals surface area contributed by atoms with Gasteiger partial charge in [-0.1, -0.05) is 0 Å². The van der Waals surface area contributed by atoms with Gasteiger partial charge in [0.2, 0.25) is 15.9 Å². The van der Waals surface area contributed by atoms with Gasteiger partial charge in [0, 0.05) is 31.2 Å². The Labute approximate surface area is 180 Å². The van der Waals surface area contributed by atoms with Gasteiger partial charge in [0.15, 0.2) is 0 Å². The third kappa shape index (κ3) is 3.68. The van der Waals surface area contributed by atoms with Gasteiger partial charge in [0.05, 0.1) is 30.1 Å². The molecule has 0 bridgehead atoms. The quantitative estimate of drug-likeness (QED) is 0.710.